The van der Waals surface area contributed by atoms with E-state index in [0.29, 0.717) is 23.6 Å². The molecule has 1 aliphatic heterocycles. The molecule has 1 aromatic heterocycles. The van der Waals surface area contributed by atoms with Crippen LogP contribution < -0.4 is 10.6 Å². The number of aromatic carboxylic acids is 1. The first kappa shape index (κ1) is 19.5. The molecule has 1 aromatic carbocycles. The first-order valence-electron chi connectivity index (χ1n) is 8.38. The summed E-state index contributed by atoms with van der Waals surface area (Å²) in [5, 5.41) is 15.6. The van der Waals surface area contributed by atoms with E-state index in [1.165, 1.54) is 11.3 Å². The Bertz CT molecular complexity index is 934. The maximum absolute atomic E-state index is 12.4. The van der Waals surface area contributed by atoms with Gasteiger partial charge in [-0.05, 0) is 50.2 Å². The molecule has 0 saturated carbocycles. The molecule has 8 heteroatoms. The molecule has 0 aliphatic carbocycles. The van der Waals surface area contributed by atoms with Crippen LogP contribution >= 0.6 is 23.6 Å². The standard InChI is InChI=1S/C19H20N2O4S2/c1-10-6-4-5-7-11(10)15(22)20-18(26)21-16-14(17(23)24)12-8-19(2,3)25-9-13(12)27-16/h4-7H,8-9H2,1-3H3,(H,23,24)(H2,20,21,22,26). The molecule has 0 fully saturated rings. The molecule has 1 aliphatic rings. The van der Waals surface area contributed by atoms with E-state index >= 15 is 0 Å². The largest absolute Gasteiger partial charge is 0.478 e. The van der Waals surface area contributed by atoms with Crippen LogP contribution in [0.3, 0.4) is 0 Å². The molecule has 0 unspecified atom stereocenters. The number of ether oxygens (including phenoxy) is 1. The van der Waals surface area contributed by atoms with Crippen molar-refractivity contribution < 1.29 is 19.4 Å². The van der Waals surface area contributed by atoms with E-state index in [1.807, 2.05) is 32.9 Å². The van der Waals surface area contributed by atoms with Gasteiger partial charge >= 0.3 is 5.97 Å². The minimum Gasteiger partial charge on any atom is -0.478 e. The fourth-order valence-electron chi connectivity index (χ4n) is 3.00. The van der Waals surface area contributed by atoms with Crippen molar-refractivity contribution in [2.75, 3.05) is 5.32 Å². The van der Waals surface area contributed by atoms with E-state index < -0.39 is 11.6 Å². The second-order valence-electron chi connectivity index (χ2n) is 6.96. The summed E-state index contributed by atoms with van der Waals surface area (Å²) in [7, 11) is 0. The molecule has 2 heterocycles. The summed E-state index contributed by atoms with van der Waals surface area (Å²) in [4.78, 5) is 25.1. The number of aryl methyl sites for hydroxylation is 1. The van der Waals surface area contributed by atoms with Crippen LogP contribution in [0.5, 0.6) is 0 Å². The smallest absolute Gasteiger partial charge is 0.339 e. The topological polar surface area (TPSA) is 87.7 Å². The lowest BCUT2D eigenvalue weighted by atomic mass is 9.93. The second-order valence-corrected chi connectivity index (χ2v) is 8.47. The number of thiocarbonyl (C=S) groups is 1. The van der Waals surface area contributed by atoms with E-state index in [-0.39, 0.29) is 16.6 Å². The van der Waals surface area contributed by atoms with Crippen LogP contribution in [0.15, 0.2) is 24.3 Å². The summed E-state index contributed by atoms with van der Waals surface area (Å²) >= 11 is 6.52. The van der Waals surface area contributed by atoms with Gasteiger partial charge in [0.05, 0.1) is 17.8 Å². The molecule has 0 bridgehead atoms. The van der Waals surface area contributed by atoms with Gasteiger partial charge in [-0.2, -0.15) is 0 Å². The van der Waals surface area contributed by atoms with Crippen molar-refractivity contribution in [3.63, 3.8) is 0 Å². The Morgan fingerprint density at radius 3 is 2.67 bits per heavy atom. The first-order valence-corrected chi connectivity index (χ1v) is 9.60. The number of hydrogen-bond acceptors (Lipinski definition) is 5. The molecule has 3 rings (SSSR count). The second kappa shape index (κ2) is 7.38. The number of rotatable bonds is 3. The van der Waals surface area contributed by atoms with Gasteiger partial charge in [-0.3, -0.25) is 10.1 Å². The van der Waals surface area contributed by atoms with Gasteiger partial charge in [0.25, 0.3) is 5.91 Å². The van der Waals surface area contributed by atoms with Gasteiger partial charge in [-0.15, -0.1) is 11.3 Å². The Kier molecular flexibility index (Phi) is 5.32. The molecule has 142 valence electrons. The van der Waals surface area contributed by atoms with E-state index in [2.05, 4.69) is 10.6 Å². The predicted octanol–water partition coefficient (Wildman–Crippen LogP) is 3.73. The monoisotopic (exact) mass is 404 g/mol. The van der Waals surface area contributed by atoms with Gasteiger partial charge in [-0.25, -0.2) is 4.79 Å². The molecule has 2 aromatic rings. The number of anilines is 1. The van der Waals surface area contributed by atoms with Crippen LogP contribution in [0.25, 0.3) is 0 Å². The fourth-order valence-corrected chi connectivity index (χ4v) is 4.39. The Morgan fingerprint density at radius 1 is 1.30 bits per heavy atom. The van der Waals surface area contributed by atoms with E-state index in [1.54, 1.807) is 12.1 Å². The quantitative estimate of drug-likeness (QED) is 0.676. The summed E-state index contributed by atoms with van der Waals surface area (Å²) in [6.07, 6.45) is 0.504. The molecule has 0 saturated heterocycles. The van der Waals surface area contributed by atoms with Crippen LogP contribution in [-0.4, -0.2) is 27.7 Å². The van der Waals surface area contributed by atoms with Crippen LogP contribution in [0.2, 0.25) is 0 Å². The number of carboxylic acid groups (broad SMARTS) is 1. The summed E-state index contributed by atoms with van der Waals surface area (Å²) in [6, 6.07) is 7.17. The third-order valence-electron chi connectivity index (χ3n) is 4.34. The average Bonchev–Trinajstić information content (AvgIpc) is 2.90. The highest BCUT2D eigenvalue weighted by Crippen LogP contribution is 2.40. The van der Waals surface area contributed by atoms with Gasteiger partial charge in [-0.1, -0.05) is 18.2 Å². The van der Waals surface area contributed by atoms with Gasteiger partial charge in [0.2, 0.25) is 0 Å². The summed E-state index contributed by atoms with van der Waals surface area (Å²) < 4.78 is 5.77. The van der Waals surface area contributed by atoms with Crippen molar-refractivity contribution in [3.8, 4) is 0 Å². The molecular formula is C19H20N2O4S2. The highest BCUT2D eigenvalue weighted by atomic mass is 32.1. The Morgan fingerprint density at radius 2 is 2.00 bits per heavy atom. The third-order valence-corrected chi connectivity index (χ3v) is 5.67. The SMILES string of the molecule is Cc1ccccc1C(=O)NC(=S)Nc1sc2c(c1C(=O)O)CC(C)(C)OC2. The molecule has 3 N–H and O–H groups in total. The van der Waals surface area contributed by atoms with Crippen LogP contribution in [0, 0.1) is 6.92 Å². The van der Waals surface area contributed by atoms with Crippen molar-refractivity contribution in [1.82, 2.24) is 5.32 Å². The van der Waals surface area contributed by atoms with Gasteiger partial charge in [0, 0.05) is 16.9 Å². The summed E-state index contributed by atoms with van der Waals surface area (Å²) in [5.74, 6) is -1.37. The van der Waals surface area contributed by atoms with E-state index in [0.717, 1.165) is 16.0 Å². The lowest BCUT2D eigenvalue weighted by Gasteiger charge is -2.30. The van der Waals surface area contributed by atoms with Crippen LogP contribution in [0.1, 0.15) is 50.6 Å². The highest BCUT2D eigenvalue weighted by Gasteiger charge is 2.33. The molecule has 6 nitrogen and oxygen atoms in total. The van der Waals surface area contributed by atoms with Crippen LogP contribution in [0.4, 0.5) is 5.00 Å². The van der Waals surface area contributed by atoms with Crippen molar-refractivity contribution in [2.45, 2.75) is 39.4 Å². The predicted molar refractivity (Wildman–Crippen MR) is 109 cm³/mol. The normalized spacial score (nSPS) is 14.9. The number of amides is 1. The van der Waals surface area contributed by atoms with Gasteiger partial charge in [0.1, 0.15) is 5.00 Å². The number of hydrogen-bond donors (Lipinski definition) is 3. The molecule has 0 spiro atoms. The van der Waals surface area contributed by atoms with Crippen LogP contribution in [-0.2, 0) is 17.8 Å². The van der Waals surface area contributed by atoms with Gasteiger partial charge in [0.15, 0.2) is 5.11 Å². The van der Waals surface area contributed by atoms with Crippen molar-refractivity contribution in [2.24, 2.45) is 0 Å². The molecule has 0 radical (unpaired) electrons. The Hall–Kier alpha value is -2.29. The number of benzene rings is 1. The number of carbonyl (C=O) groups is 2. The Balaban J connectivity index is 1.81. The minimum absolute atomic E-state index is 0.0597. The first-order chi connectivity index (χ1) is 12.7. The number of fused-ring (bicyclic) bond motifs is 1. The van der Waals surface area contributed by atoms with Crippen molar-refractivity contribution in [1.29, 1.82) is 0 Å². The zero-order chi connectivity index (χ0) is 19.8. The zero-order valence-corrected chi connectivity index (χ0v) is 16.8. The number of carboxylic acids is 1. The molecule has 0 atom stereocenters. The molecule has 1 amide bonds. The fraction of sp³-hybridized carbons (Fsp3) is 0.316. The van der Waals surface area contributed by atoms with E-state index in [4.69, 9.17) is 17.0 Å². The number of nitrogens with one attached hydrogen (secondary N) is 2. The molecule has 27 heavy (non-hydrogen) atoms. The summed E-state index contributed by atoms with van der Waals surface area (Å²) in [6.45, 7) is 6.05. The van der Waals surface area contributed by atoms with Gasteiger partial charge < -0.3 is 15.2 Å². The number of thiophene rings is 1. The summed E-state index contributed by atoms with van der Waals surface area (Å²) in [5.41, 5.74) is 1.88. The maximum atomic E-state index is 12.4. The Labute approximate surface area is 166 Å². The van der Waals surface area contributed by atoms with E-state index in [9.17, 15) is 14.7 Å². The van der Waals surface area contributed by atoms with Crippen molar-refractivity contribution >= 4 is 45.5 Å². The molecular weight excluding hydrogens is 384 g/mol. The lowest BCUT2D eigenvalue weighted by Crippen LogP contribution is -2.34. The zero-order valence-electron chi connectivity index (χ0n) is 15.2. The lowest BCUT2D eigenvalue weighted by molar-refractivity contribution is -0.0384. The highest BCUT2D eigenvalue weighted by molar-refractivity contribution is 7.80. The van der Waals surface area contributed by atoms with Crippen molar-refractivity contribution in [3.05, 3.63) is 51.4 Å². The third kappa shape index (κ3) is 4.18. The maximum Gasteiger partial charge on any atom is 0.339 e. The minimum atomic E-state index is -1.03. The number of carbonyl (C=O) groups excluding carboxylic acids is 1. The average molecular weight is 405 g/mol.